The van der Waals surface area contributed by atoms with Crippen molar-refractivity contribution in [3.8, 4) is 5.75 Å². The average molecular weight is 397 g/mol. The number of anilines is 1. The molecule has 29 heavy (non-hydrogen) atoms. The zero-order chi connectivity index (χ0) is 20.5. The molecule has 6 heteroatoms. The Morgan fingerprint density at radius 3 is 2.52 bits per heavy atom. The van der Waals surface area contributed by atoms with E-state index in [1.54, 1.807) is 7.11 Å². The van der Waals surface area contributed by atoms with Gasteiger partial charge in [0, 0.05) is 44.5 Å². The minimum absolute atomic E-state index is 0.631. The van der Waals surface area contributed by atoms with Crippen molar-refractivity contribution in [1.82, 2.24) is 10.2 Å². The summed E-state index contributed by atoms with van der Waals surface area (Å²) in [7, 11) is 3.77. The van der Waals surface area contributed by atoms with Crippen molar-refractivity contribution in [3.05, 3.63) is 59.7 Å². The zero-order valence-corrected chi connectivity index (χ0v) is 17.7. The van der Waals surface area contributed by atoms with Gasteiger partial charge in [-0.25, -0.2) is 4.99 Å². The van der Waals surface area contributed by atoms with Crippen molar-refractivity contribution in [2.75, 3.05) is 51.9 Å². The summed E-state index contributed by atoms with van der Waals surface area (Å²) in [6.07, 6.45) is 0. The first-order chi connectivity index (χ1) is 14.2. The van der Waals surface area contributed by atoms with Crippen molar-refractivity contribution in [3.63, 3.8) is 0 Å². The van der Waals surface area contributed by atoms with E-state index in [1.165, 1.54) is 11.3 Å². The molecule has 0 amide bonds. The molecular weight excluding hydrogens is 364 g/mol. The van der Waals surface area contributed by atoms with Gasteiger partial charge in [-0.2, -0.15) is 0 Å². The van der Waals surface area contributed by atoms with Crippen LogP contribution in [-0.4, -0.2) is 57.9 Å². The summed E-state index contributed by atoms with van der Waals surface area (Å²) in [5.74, 6) is 1.78. The van der Waals surface area contributed by atoms with Gasteiger partial charge in [0.05, 0.1) is 26.9 Å². The fraction of sp³-hybridized carbons (Fsp3) is 0.435. The number of hydrogen-bond donors (Lipinski definition) is 1. The highest BCUT2D eigenvalue weighted by Gasteiger charge is 2.15. The number of nitrogens with zero attached hydrogens (tertiary/aromatic N) is 3. The molecule has 2 aromatic rings. The number of benzene rings is 2. The molecule has 1 heterocycles. The van der Waals surface area contributed by atoms with Crippen LogP contribution in [0.3, 0.4) is 0 Å². The summed E-state index contributed by atoms with van der Waals surface area (Å²) in [5.41, 5.74) is 3.62. The fourth-order valence-electron chi connectivity index (χ4n) is 3.55. The lowest BCUT2D eigenvalue weighted by Gasteiger charge is -2.30. The lowest BCUT2D eigenvalue weighted by Crippen LogP contribution is -2.38. The molecule has 0 aliphatic carbocycles. The molecule has 0 bridgehead atoms. The number of morpholine rings is 1. The molecule has 156 valence electrons. The van der Waals surface area contributed by atoms with E-state index in [9.17, 15) is 0 Å². The molecule has 3 rings (SSSR count). The number of guanidine groups is 1. The molecule has 6 nitrogen and oxygen atoms in total. The van der Waals surface area contributed by atoms with Crippen LogP contribution >= 0.6 is 0 Å². The second kappa shape index (κ2) is 10.7. The van der Waals surface area contributed by atoms with Crippen molar-refractivity contribution in [1.29, 1.82) is 0 Å². The summed E-state index contributed by atoms with van der Waals surface area (Å²) >= 11 is 0. The Balaban J connectivity index is 1.75. The van der Waals surface area contributed by atoms with E-state index in [-0.39, 0.29) is 0 Å². The molecule has 0 spiro atoms. The molecular formula is C23H32N4O2. The predicted octanol–water partition coefficient (Wildman–Crippen LogP) is 3.13. The van der Waals surface area contributed by atoms with Crippen LogP contribution < -0.4 is 15.0 Å². The van der Waals surface area contributed by atoms with Crippen LogP contribution in [0, 0.1) is 0 Å². The average Bonchev–Trinajstić information content (AvgIpc) is 2.77. The minimum Gasteiger partial charge on any atom is -0.496 e. The van der Waals surface area contributed by atoms with Gasteiger partial charge in [-0.3, -0.25) is 0 Å². The third kappa shape index (κ3) is 5.64. The number of hydrogen-bond acceptors (Lipinski definition) is 4. The van der Waals surface area contributed by atoms with Gasteiger partial charge < -0.3 is 24.6 Å². The van der Waals surface area contributed by atoms with Crippen molar-refractivity contribution >= 4 is 11.6 Å². The van der Waals surface area contributed by atoms with E-state index < -0.39 is 0 Å². The van der Waals surface area contributed by atoms with Crippen LogP contribution in [0.1, 0.15) is 18.1 Å². The second-order valence-electron chi connectivity index (χ2n) is 7.07. The quantitative estimate of drug-likeness (QED) is 0.576. The third-order valence-electron chi connectivity index (χ3n) is 5.04. The number of nitrogens with one attached hydrogen (secondary N) is 1. The Bertz CT molecular complexity index is 803. The molecule has 2 aromatic carbocycles. The normalized spacial score (nSPS) is 14.6. The Hall–Kier alpha value is -2.73. The number of para-hydroxylation sites is 2. The SMILES string of the molecule is CCNC(=NCc1ccccc1N1CCOCC1)N(C)Cc1ccccc1OC. The van der Waals surface area contributed by atoms with Gasteiger partial charge in [-0.15, -0.1) is 0 Å². The topological polar surface area (TPSA) is 49.3 Å². The maximum atomic E-state index is 5.50. The number of ether oxygens (including phenoxy) is 2. The van der Waals surface area contributed by atoms with E-state index in [2.05, 4.69) is 59.4 Å². The molecule has 1 fully saturated rings. The standard InChI is InChI=1S/C23H32N4O2/c1-4-24-23(26(2)18-20-10-6-8-12-22(20)28-3)25-17-19-9-5-7-11-21(19)27-13-15-29-16-14-27/h5-12H,4,13-18H2,1-3H3,(H,24,25). The summed E-state index contributed by atoms with van der Waals surface area (Å²) in [6, 6.07) is 16.6. The van der Waals surface area contributed by atoms with Crippen molar-refractivity contribution in [2.24, 2.45) is 4.99 Å². The van der Waals surface area contributed by atoms with E-state index in [0.717, 1.165) is 56.7 Å². The Morgan fingerprint density at radius 2 is 1.79 bits per heavy atom. The summed E-state index contributed by atoms with van der Waals surface area (Å²) < 4.78 is 11.0. The zero-order valence-electron chi connectivity index (χ0n) is 17.7. The Morgan fingerprint density at radius 1 is 1.10 bits per heavy atom. The number of aliphatic imine (C=N–C) groups is 1. The largest absolute Gasteiger partial charge is 0.496 e. The van der Waals surface area contributed by atoms with Gasteiger partial charge in [-0.1, -0.05) is 36.4 Å². The molecule has 0 radical (unpaired) electrons. The lowest BCUT2D eigenvalue weighted by molar-refractivity contribution is 0.122. The van der Waals surface area contributed by atoms with Gasteiger partial charge in [0.1, 0.15) is 5.75 Å². The molecule has 0 aromatic heterocycles. The summed E-state index contributed by atoms with van der Waals surface area (Å²) in [5, 5.41) is 3.41. The summed E-state index contributed by atoms with van der Waals surface area (Å²) in [4.78, 5) is 9.45. The van der Waals surface area contributed by atoms with Crippen LogP contribution in [0.2, 0.25) is 0 Å². The van der Waals surface area contributed by atoms with E-state index >= 15 is 0 Å². The second-order valence-corrected chi connectivity index (χ2v) is 7.07. The first-order valence-electron chi connectivity index (χ1n) is 10.2. The van der Waals surface area contributed by atoms with Crippen LogP contribution in [0.4, 0.5) is 5.69 Å². The highest BCUT2D eigenvalue weighted by Crippen LogP contribution is 2.23. The van der Waals surface area contributed by atoms with Gasteiger partial charge in [-0.05, 0) is 24.6 Å². The van der Waals surface area contributed by atoms with E-state index in [1.807, 2.05) is 18.2 Å². The maximum Gasteiger partial charge on any atom is 0.194 e. The monoisotopic (exact) mass is 396 g/mol. The van der Waals surface area contributed by atoms with Crippen LogP contribution in [-0.2, 0) is 17.8 Å². The molecule has 1 saturated heterocycles. The molecule has 1 N–H and O–H groups in total. The summed E-state index contributed by atoms with van der Waals surface area (Å²) in [6.45, 7) is 7.67. The van der Waals surface area contributed by atoms with Gasteiger partial charge in [0.25, 0.3) is 0 Å². The smallest absolute Gasteiger partial charge is 0.194 e. The fourth-order valence-corrected chi connectivity index (χ4v) is 3.55. The molecule has 0 atom stereocenters. The van der Waals surface area contributed by atoms with E-state index in [0.29, 0.717) is 6.54 Å². The lowest BCUT2D eigenvalue weighted by atomic mass is 10.1. The molecule has 0 unspecified atom stereocenters. The van der Waals surface area contributed by atoms with Crippen LogP contribution in [0.25, 0.3) is 0 Å². The number of rotatable bonds is 7. The first kappa shape index (κ1) is 21.0. The number of methoxy groups -OCH3 is 1. The van der Waals surface area contributed by atoms with Gasteiger partial charge in [0.15, 0.2) is 5.96 Å². The Labute approximate surface area is 174 Å². The molecule has 1 aliphatic heterocycles. The third-order valence-corrected chi connectivity index (χ3v) is 5.04. The van der Waals surface area contributed by atoms with Crippen LogP contribution in [0.5, 0.6) is 5.75 Å². The highest BCUT2D eigenvalue weighted by molar-refractivity contribution is 5.80. The Kier molecular flexibility index (Phi) is 7.76. The predicted molar refractivity (Wildman–Crippen MR) is 119 cm³/mol. The first-order valence-corrected chi connectivity index (χ1v) is 10.2. The van der Waals surface area contributed by atoms with Crippen LogP contribution in [0.15, 0.2) is 53.5 Å². The van der Waals surface area contributed by atoms with E-state index in [4.69, 9.17) is 14.5 Å². The van der Waals surface area contributed by atoms with Crippen molar-refractivity contribution < 1.29 is 9.47 Å². The maximum absolute atomic E-state index is 5.50. The van der Waals surface area contributed by atoms with Gasteiger partial charge in [0.2, 0.25) is 0 Å². The molecule has 0 saturated carbocycles. The molecule has 1 aliphatic rings. The minimum atomic E-state index is 0.631. The van der Waals surface area contributed by atoms with Gasteiger partial charge >= 0.3 is 0 Å². The highest BCUT2D eigenvalue weighted by atomic mass is 16.5. The van der Waals surface area contributed by atoms with Crippen molar-refractivity contribution in [2.45, 2.75) is 20.0 Å².